The minimum atomic E-state index is -2.99. The van der Waals surface area contributed by atoms with E-state index in [9.17, 15) is 18.4 Å². The molecule has 0 N–H and O–H groups in total. The van der Waals surface area contributed by atoms with Crippen LogP contribution in [0.1, 0.15) is 28.9 Å². The topological polar surface area (TPSA) is 55.8 Å². The minimum absolute atomic E-state index is 0.0229. The smallest absolute Gasteiger partial charge is 0.387 e. The zero-order chi connectivity index (χ0) is 19.1. The zero-order valence-corrected chi connectivity index (χ0v) is 14.4. The molecular weight excluding hydrogens is 344 g/mol. The molecule has 0 aliphatic carbocycles. The number of likely N-dealkylation sites (N-methyl/N-ethyl adjacent to an activating group) is 1. The number of ether oxygens (including phenoxy) is 2. The molecule has 0 heterocycles. The summed E-state index contributed by atoms with van der Waals surface area (Å²) in [6.45, 7) is -1.58. The van der Waals surface area contributed by atoms with Crippen LogP contribution in [0.15, 0.2) is 54.6 Å². The zero-order valence-electron chi connectivity index (χ0n) is 14.4. The fourth-order valence-electron chi connectivity index (χ4n) is 2.28. The highest BCUT2D eigenvalue weighted by atomic mass is 19.3. The van der Waals surface area contributed by atoms with Gasteiger partial charge in [0, 0.05) is 7.05 Å². The number of hydrogen-bond acceptors (Lipinski definition) is 4. The fraction of sp³-hybridized carbons (Fsp3) is 0.263. The second-order valence-electron chi connectivity index (χ2n) is 5.57. The van der Waals surface area contributed by atoms with E-state index in [1.54, 1.807) is 7.05 Å². The standard InChI is InChI=1S/C19H19F2NO4/c1-13(14-7-4-3-5-8-14)22(2)17(23)12-25-18(24)15-9-6-10-16(11-15)26-19(20)21/h3-11,13,19H,12H2,1-2H3. The highest BCUT2D eigenvalue weighted by Crippen LogP contribution is 2.19. The molecule has 1 amide bonds. The summed E-state index contributed by atoms with van der Waals surface area (Å²) in [6.07, 6.45) is 0. The SMILES string of the molecule is CC(c1ccccc1)N(C)C(=O)COC(=O)c1cccc(OC(F)F)c1. The number of nitrogens with zero attached hydrogens (tertiary/aromatic N) is 1. The van der Waals surface area contributed by atoms with E-state index in [4.69, 9.17) is 4.74 Å². The Morgan fingerprint density at radius 3 is 2.42 bits per heavy atom. The Labute approximate surface area is 150 Å². The first-order valence-corrected chi connectivity index (χ1v) is 7.91. The first-order valence-electron chi connectivity index (χ1n) is 7.91. The lowest BCUT2D eigenvalue weighted by molar-refractivity contribution is -0.135. The summed E-state index contributed by atoms with van der Waals surface area (Å²) in [5, 5.41) is 0. The molecule has 1 unspecified atom stereocenters. The monoisotopic (exact) mass is 363 g/mol. The van der Waals surface area contributed by atoms with Crippen LogP contribution < -0.4 is 4.74 Å². The summed E-state index contributed by atoms with van der Waals surface area (Å²) in [7, 11) is 1.62. The van der Waals surface area contributed by atoms with Gasteiger partial charge in [0.25, 0.3) is 5.91 Å². The summed E-state index contributed by atoms with van der Waals surface area (Å²) in [5.74, 6) is -1.33. The number of carbonyl (C=O) groups is 2. The summed E-state index contributed by atoms with van der Waals surface area (Å²) in [5.41, 5.74) is 0.973. The van der Waals surface area contributed by atoms with E-state index >= 15 is 0 Å². The maximum Gasteiger partial charge on any atom is 0.387 e. The summed E-state index contributed by atoms with van der Waals surface area (Å²) in [6, 6.07) is 14.4. The Hall–Kier alpha value is -2.96. The van der Waals surface area contributed by atoms with Gasteiger partial charge in [-0.2, -0.15) is 8.78 Å². The highest BCUT2D eigenvalue weighted by molar-refractivity contribution is 5.91. The van der Waals surface area contributed by atoms with Gasteiger partial charge in [-0.3, -0.25) is 4.79 Å². The van der Waals surface area contributed by atoms with E-state index in [2.05, 4.69) is 4.74 Å². The number of halogens is 2. The molecule has 0 saturated heterocycles. The maximum atomic E-state index is 12.2. The van der Waals surface area contributed by atoms with Crippen LogP contribution >= 0.6 is 0 Å². The number of alkyl halides is 2. The number of hydrogen-bond donors (Lipinski definition) is 0. The van der Waals surface area contributed by atoms with Crippen molar-refractivity contribution in [1.82, 2.24) is 4.90 Å². The van der Waals surface area contributed by atoms with Crippen LogP contribution in [0.2, 0.25) is 0 Å². The fourth-order valence-corrected chi connectivity index (χ4v) is 2.28. The number of rotatable bonds is 7. The average molecular weight is 363 g/mol. The lowest BCUT2D eigenvalue weighted by Gasteiger charge is -2.25. The maximum absolute atomic E-state index is 12.2. The Bertz CT molecular complexity index is 752. The van der Waals surface area contributed by atoms with E-state index in [1.165, 1.54) is 23.1 Å². The third-order valence-electron chi connectivity index (χ3n) is 3.88. The van der Waals surface area contributed by atoms with Gasteiger partial charge < -0.3 is 14.4 Å². The van der Waals surface area contributed by atoms with Crippen LogP contribution in [0.5, 0.6) is 5.75 Å². The summed E-state index contributed by atoms with van der Waals surface area (Å²) in [4.78, 5) is 25.7. The van der Waals surface area contributed by atoms with Crippen LogP contribution in [0.3, 0.4) is 0 Å². The van der Waals surface area contributed by atoms with Crippen molar-refractivity contribution >= 4 is 11.9 Å². The molecule has 138 valence electrons. The summed E-state index contributed by atoms with van der Waals surface area (Å²) >= 11 is 0. The van der Waals surface area contributed by atoms with Gasteiger partial charge in [0.2, 0.25) is 0 Å². The van der Waals surface area contributed by atoms with Crippen LogP contribution in [0, 0.1) is 0 Å². The van der Waals surface area contributed by atoms with Crippen molar-refractivity contribution in [2.75, 3.05) is 13.7 Å². The van der Waals surface area contributed by atoms with Crippen LogP contribution in [0.25, 0.3) is 0 Å². The molecule has 0 fully saturated rings. The molecule has 26 heavy (non-hydrogen) atoms. The lowest BCUT2D eigenvalue weighted by Crippen LogP contribution is -2.33. The molecule has 5 nitrogen and oxygen atoms in total. The largest absolute Gasteiger partial charge is 0.452 e. The Kier molecular flexibility index (Phi) is 6.66. The Balaban J connectivity index is 1.93. The van der Waals surface area contributed by atoms with Crippen molar-refractivity contribution in [3.05, 3.63) is 65.7 Å². The molecule has 2 aromatic rings. The van der Waals surface area contributed by atoms with E-state index in [0.29, 0.717) is 0 Å². The first kappa shape index (κ1) is 19.4. The second-order valence-corrected chi connectivity index (χ2v) is 5.57. The van der Waals surface area contributed by atoms with Gasteiger partial charge >= 0.3 is 12.6 Å². The molecule has 0 aromatic heterocycles. The third kappa shape index (κ3) is 5.27. The van der Waals surface area contributed by atoms with Crippen molar-refractivity contribution in [2.45, 2.75) is 19.6 Å². The van der Waals surface area contributed by atoms with Gasteiger partial charge in [-0.25, -0.2) is 4.79 Å². The van der Waals surface area contributed by atoms with Crippen molar-refractivity contribution in [3.63, 3.8) is 0 Å². The molecule has 0 bridgehead atoms. The van der Waals surface area contributed by atoms with E-state index < -0.39 is 19.2 Å². The van der Waals surface area contributed by atoms with Crippen LogP contribution in [0.4, 0.5) is 8.78 Å². The van der Waals surface area contributed by atoms with E-state index in [-0.39, 0.29) is 23.3 Å². The average Bonchev–Trinajstić information content (AvgIpc) is 2.65. The Morgan fingerprint density at radius 1 is 1.08 bits per heavy atom. The molecule has 7 heteroatoms. The highest BCUT2D eigenvalue weighted by Gasteiger charge is 2.19. The normalized spacial score (nSPS) is 11.7. The molecular formula is C19H19F2NO4. The molecule has 0 saturated carbocycles. The second kappa shape index (κ2) is 8.94. The van der Waals surface area contributed by atoms with Crippen LogP contribution in [-0.4, -0.2) is 37.0 Å². The minimum Gasteiger partial charge on any atom is -0.452 e. The quantitative estimate of drug-likeness (QED) is 0.705. The first-order chi connectivity index (χ1) is 12.4. The number of benzene rings is 2. The molecule has 0 aliphatic heterocycles. The molecule has 0 spiro atoms. The predicted molar refractivity (Wildman–Crippen MR) is 91.0 cm³/mol. The third-order valence-corrected chi connectivity index (χ3v) is 3.88. The summed E-state index contributed by atoms with van der Waals surface area (Å²) < 4.78 is 33.7. The van der Waals surface area contributed by atoms with Gasteiger partial charge in [-0.05, 0) is 30.7 Å². The number of esters is 1. The van der Waals surface area contributed by atoms with Gasteiger partial charge in [-0.15, -0.1) is 0 Å². The van der Waals surface area contributed by atoms with Crippen molar-refractivity contribution in [3.8, 4) is 5.75 Å². The van der Waals surface area contributed by atoms with Crippen molar-refractivity contribution in [1.29, 1.82) is 0 Å². The van der Waals surface area contributed by atoms with Gasteiger partial charge in [0.05, 0.1) is 11.6 Å². The van der Waals surface area contributed by atoms with Gasteiger partial charge in [0.1, 0.15) is 5.75 Å². The van der Waals surface area contributed by atoms with Crippen molar-refractivity contribution in [2.24, 2.45) is 0 Å². The number of amides is 1. The Morgan fingerprint density at radius 2 is 1.77 bits per heavy atom. The molecule has 0 aliphatic rings. The molecule has 2 aromatic carbocycles. The van der Waals surface area contributed by atoms with Crippen LogP contribution in [-0.2, 0) is 9.53 Å². The number of carbonyl (C=O) groups excluding carboxylic acids is 2. The van der Waals surface area contributed by atoms with E-state index in [0.717, 1.165) is 11.6 Å². The van der Waals surface area contributed by atoms with Crippen molar-refractivity contribution < 1.29 is 27.8 Å². The van der Waals surface area contributed by atoms with Gasteiger partial charge in [0.15, 0.2) is 6.61 Å². The molecule has 0 radical (unpaired) electrons. The molecule has 2 rings (SSSR count). The lowest BCUT2D eigenvalue weighted by atomic mass is 10.1. The predicted octanol–water partition coefficient (Wildman–Crippen LogP) is 3.66. The van der Waals surface area contributed by atoms with Gasteiger partial charge in [-0.1, -0.05) is 36.4 Å². The van der Waals surface area contributed by atoms with E-state index in [1.807, 2.05) is 37.3 Å². The molecule has 1 atom stereocenters.